The summed E-state index contributed by atoms with van der Waals surface area (Å²) in [5, 5.41) is 6.12. The van der Waals surface area contributed by atoms with Crippen LogP contribution in [0.4, 0.5) is 11.4 Å². The largest absolute Gasteiger partial charge is 0.398 e. The van der Waals surface area contributed by atoms with Crippen molar-refractivity contribution in [3.05, 3.63) is 28.3 Å². The Bertz CT molecular complexity index is 456. The lowest BCUT2D eigenvalue weighted by Crippen LogP contribution is -2.09. The number of nitrogens with one attached hydrogen (secondary N) is 1. The predicted octanol–water partition coefficient (Wildman–Crippen LogP) is 1.88. The summed E-state index contributed by atoms with van der Waals surface area (Å²) in [6.45, 7) is 1.87. The fraction of sp³-hybridized carbons (Fsp3) is 0.111. The van der Waals surface area contributed by atoms with Crippen LogP contribution in [0.3, 0.4) is 0 Å². The van der Waals surface area contributed by atoms with Crippen LogP contribution in [0.1, 0.15) is 14.5 Å². The number of nitrogens with two attached hydrogens (primary N) is 1. The van der Waals surface area contributed by atoms with Crippen LogP contribution in [0.15, 0.2) is 23.0 Å². The van der Waals surface area contributed by atoms with E-state index in [0.29, 0.717) is 16.3 Å². The number of hydrogen-bond acceptors (Lipinski definition) is 5. The van der Waals surface area contributed by atoms with Crippen LogP contribution in [0.25, 0.3) is 0 Å². The molecule has 0 aliphatic carbocycles. The quantitative estimate of drug-likeness (QED) is 0.814. The molecule has 2 aromatic heterocycles. The van der Waals surface area contributed by atoms with Gasteiger partial charge >= 0.3 is 0 Å². The first kappa shape index (κ1) is 9.72. The van der Waals surface area contributed by atoms with Crippen LogP contribution in [0.5, 0.6) is 0 Å². The third kappa shape index (κ3) is 1.99. The topological polar surface area (TPSA) is 81.2 Å². The standard InChI is InChI=1S/C9H9N3O2S/c1-5-7(10)2-8(15-5)9(13)12-6-3-11-14-4-6/h2-4H,10H2,1H3,(H,12,13). The molecule has 0 saturated carbocycles. The van der Waals surface area contributed by atoms with Crippen molar-refractivity contribution in [2.45, 2.75) is 6.92 Å². The number of nitrogens with zero attached hydrogens (tertiary/aromatic N) is 1. The van der Waals surface area contributed by atoms with Gasteiger partial charge in [-0.15, -0.1) is 11.3 Å². The van der Waals surface area contributed by atoms with Gasteiger partial charge in [0.15, 0.2) is 0 Å². The van der Waals surface area contributed by atoms with E-state index in [1.807, 2.05) is 6.92 Å². The van der Waals surface area contributed by atoms with Gasteiger partial charge in [-0.05, 0) is 13.0 Å². The molecule has 0 aromatic carbocycles. The molecule has 0 aliphatic rings. The van der Waals surface area contributed by atoms with E-state index in [2.05, 4.69) is 15.0 Å². The summed E-state index contributed by atoms with van der Waals surface area (Å²) >= 11 is 1.36. The zero-order chi connectivity index (χ0) is 10.8. The van der Waals surface area contributed by atoms with Gasteiger partial charge in [0.05, 0.1) is 11.1 Å². The monoisotopic (exact) mass is 223 g/mol. The van der Waals surface area contributed by atoms with Crippen molar-refractivity contribution in [2.75, 3.05) is 11.1 Å². The summed E-state index contributed by atoms with van der Waals surface area (Å²) in [6, 6.07) is 1.66. The molecule has 0 radical (unpaired) electrons. The highest BCUT2D eigenvalue weighted by atomic mass is 32.1. The molecule has 0 atom stereocenters. The summed E-state index contributed by atoms with van der Waals surface area (Å²) in [4.78, 5) is 13.2. The number of anilines is 2. The lowest BCUT2D eigenvalue weighted by Gasteiger charge is -1.96. The SMILES string of the molecule is Cc1sc(C(=O)Nc2cnoc2)cc1N. The second-order valence-electron chi connectivity index (χ2n) is 2.99. The van der Waals surface area contributed by atoms with Crippen molar-refractivity contribution >= 4 is 28.6 Å². The number of nitrogen functional groups attached to an aromatic ring is 1. The van der Waals surface area contributed by atoms with Crippen molar-refractivity contribution in [1.29, 1.82) is 0 Å². The van der Waals surface area contributed by atoms with Crippen molar-refractivity contribution in [1.82, 2.24) is 5.16 Å². The Hall–Kier alpha value is -1.82. The second kappa shape index (κ2) is 3.74. The average molecular weight is 223 g/mol. The molecule has 78 valence electrons. The molecule has 0 fully saturated rings. The van der Waals surface area contributed by atoms with Crippen LogP contribution in [-0.2, 0) is 0 Å². The molecule has 15 heavy (non-hydrogen) atoms. The maximum atomic E-state index is 11.7. The van der Waals surface area contributed by atoms with E-state index in [0.717, 1.165) is 4.88 Å². The maximum absolute atomic E-state index is 11.7. The average Bonchev–Trinajstić information content (AvgIpc) is 2.78. The van der Waals surface area contributed by atoms with E-state index in [1.165, 1.54) is 23.8 Å². The third-order valence-corrected chi connectivity index (χ3v) is 2.94. The maximum Gasteiger partial charge on any atom is 0.265 e. The third-order valence-electron chi connectivity index (χ3n) is 1.87. The highest BCUT2D eigenvalue weighted by Gasteiger charge is 2.11. The minimum absolute atomic E-state index is 0.206. The fourth-order valence-corrected chi connectivity index (χ4v) is 1.90. The first-order valence-electron chi connectivity index (χ1n) is 4.23. The highest BCUT2D eigenvalue weighted by molar-refractivity contribution is 7.14. The van der Waals surface area contributed by atoms with Gasteiger partial charge in [-0.3, -0.25) is 4.79 Å². The Morgan fingerprint density at radius 3 is 3.00 bits per heavy atom. The van der Waals surface area contributed by atoms with Crippen molar-refractivity contribution in [3.63, 3.8) is 0 Å². The molecular weight excluding hydrogens is 214 g/mol. The van der Waals surface area contributed by atoms with Crippen LogP contribution in [-0.4, -0.2) is 11.1 Å². The molecule has 0 bridgehead atoms. The Morgan fingerprint density at radius 2 is 2.47 bits per heavy atom. The summed E-state index contributed by atoms with van der Waals surface area (Å²) in [7, 11) is 0. The number of hydrogen-bond donors (Lipinski definition) is 2. The molecule has 0 saturated heterocycles. The van der Waals surface area contributed by atoms with Crippen LogP contribution < -0.4 is 11.1 Å². The summed E-state index contributed by atoms with van der Waals surface area (Å²) < 4.78 is 4.59. The summed E-state index contributed by atoms with van der Waals surface area (Å²) in [6.07, 6.45) is 2.80. The van der Waals surface area contributed by atoms with Gasteiger partial charge in [0.2, 0.25) is 0 Å². The molecule has 0 unspecified atom stereocenters. The van der Waals surface area contributed by atoms with Gasteiger partial charge in [0, 0.05) is 10.6 Å². The van der Waals surface area contributed by atoms with E-state index < -0.39 is 0 Å². The lowest BCUT2D eigenvalue weighted by molar-refractivity contribution is 0.103. The zero-order valence-electron chi connectivity index (χ0n) is 7.98. The molecule has 2 heterocycles. The van der Waals surface area contributed by atoms with E-state index in [-0.39, 0.29) is 5.91 Å². The first-order chi connectivity index (χ1) is 7.16. The van der Waals surface area contributed by atoms with Gasteiger partial charge < -0.3 is 15.6 Å². The van der Waals surface area contributed by atoms with E-state index in [4.69, 9.17) is 5.73 Å². The molecule has 0 aliphatic heterocycles. The molecule has 0 spiro atoms. The van der Waals surface area contributed by atoms with Gasteiger partial charge in [-0.1, -0.05) is 5.16 Å². The van der Waals surface area contributed by atoms with Crippen molar-refractivity contribution in [2.24, 2.45) is 0 Å². The number of aryl methyl sites for hydroxylation is 1. The number of amides is 1. The smallest absolute Gasteiger partial charge is 0.265 e. The fourth-order valence-electron chi connectivity index (χ4n) is 1.07. The van der Waals surface area contributed by atoms with E-state index in [9.17, 15) is 4.79 Å². The minimum Gasteiger partial charge on any atom is -0.398 e. The summed E-state index contributed by atoms with van der Waals surface area (Å²) in [5.74, 6) is -0.206. The number of rotatable bonds is 2. The molecule has 3 N–H and O–H groups in total. The number of thiophene rings is 1. The number of aromatic nitrogens is 1. The Morgan fingerprint density at radius 1 is 1.67 bits per heavy atom. The Balaban J connectivity index is 2.15. The van der Waals surface area contributed by atoms with Crippen LogP contribution in [0.2, 0.25) is 0 Å². The summed E-state index contributed by atoms with van der Waals surface area (Å²) in [5.41, 5.74) is 6.82. The Labute approximate surface area is 89.9 Å². The molecule has 1 amide bonds. The molecule has 2 rings (SSSR count). The van der Waals surface area contributed by atoms with Gasteiger partial charge in [0.25, 0.3) is 5.91 Å². The predicted molar refractivity (Wildman–Crippen MR) is 57.9 cm³/mol. The highest BCUT2D eigenvalue weighted by Crippen LogP contribution is 2.24. The number of carbonyl (C=O) groups excluding carboxylic acids is 1. The molecular formula is C9H9N3O2S. The van der Waals surface area contributed by atoms with Gasteiger partial charge in [-0.2, -0.15) is 0 Å². The Kier molecular flexibility index (Phi) is 2.42. The minimum atomic E-state index is -0.206. The number of carbonyl (C=O) groups is 1. The van der Waals surface area contributed by atoms with Crippen LogP contribution >= 0.6 is 11.3 Å². The first-order valence-corrected chi connectivity index (χ1v) is 5.05. The van der Waals surface area contributed by atoms with E-state index >= 15 is 0 Å². The molecule has 5 nitrogen and oxygen atoms in total. The molecule has 2 aromatic rings. The molecule has 6 heteroatoms. The van der Waals surface area contributed by atoms with Crippen molar-refractivity contribution < 1.29 is 9.32 Å². The van der Waals surface area contributed by atoms with Crippen molar-refractivity contribution in [3.8, 4) is 0 Å². The normalized spacial score (nSPS) is 10.2. The van der Waals surface area contributed by atoms with Gasteiger partial charge in [0.1, 0.15) is 12.0 Å². The zero-order valence-corrected chi connectivity index (χ0v) is 8.80. The lowest BCUT2D eigenvalue weighted by atomic mass is 10.3. The van der Waals surface area contributed by atoms with Crippen LogP contribution in [0, 0.1) is 6.92 Å². The van der Waals surface area contributed by atoms with E-state index in [1.54, 1.807) is 6.07 Å². The second-order valence-corrected chi connectivity index (χ2v) is 4.25. The van der Waals surface area contributed by atoms with Gasteiger partial charge in [-0.25, -0.2) is 0 Å².